The number of nitrogens with zero attached hydrogens (tertiary/aromatic N) is 1. The van der Waals surface area contributed by atoms with Crippen molar-refractivity contribution in [3.05, 3.63) is 35.9 Å². The maximum absolute atomic E-state index is 11.5. The van der Waals surface area contributed by atoms with E-state index in [2.05, 4.69) is 0 Å². The molecule has 2 N–H and O–H groups in total. The molecule has 1 aliphatic rings. The fourth-order valence-corrected chi connectivity index (χ4v) is 1.83. The summed E-state index contributed by atoms with van der Waals surface area (Å²) in [5.74, 6) is -0.408. The molecule has 0 aliphatic carbocycles. The molecule has 84 valence electrons. The maximum Gasteiger partial charge on any atom is 0.246 e. The first-order chi connectivity index (χ1) is 7.68. The van der Waals surface area contributed by atoms with Gasteiger partial charge in [-0.1, -0.05) is 30.3 Å². The molecule has 16 heavy (non-hydrogen) atoms. The molecule has 1 aliphatic heterocycles. The van der Waals surface area contributed by atoms with Crippen LogP contribution in [0.15, 0.2) is 30.3 Å². The van der Waals surface area contributed by atoms with Crippen LogP contribution in [-0.4, -0.2) is 29.3 Å². The number of carbonyl (C=O) groups is 2. The van der Waals surface area contributed by atoms with Gasteiger partial charge in [0.05, 0.1) is 12.5 Å². The summed E-state index contributed by atoms with van der Waals surface area (Å²) in [6.45, 7) is 0.426. The molecule has 4 nitrogen and oxygen atoms in total. The van der Waals surface area contributed by atoms with Gasteiger partial charge in [-0.2, -0.15) is 0 Å². The quantitative estimate of drug-likeness (QED) is 0.743. The molecule has 0 bridgehead atoms. The first kappa shape index (κ1) is 10.8. The lowest BCUT2D eigenvalue weighted by atomic mass is 10.1. The molecule has 1 fully saturated rings. The maximum atomic E-state index is 11.5. The van der Waals surface area contributed by atoms with E-state index in [4.69, 9.17) is 5.73 Å². The Morgan fingerprint density at radius 2 is 1.94 bits per heavy atom. The van der Waals surface area contributed by atoms with Crippen LogP contribution in [0.4, 0.5) is 0 Å². The van der Waals surface area contributed by atoms with E-state index in [1.165, 1.54) is 4.90 Å². The van der Waals surface area contributed by atoms with E-state index in [1.807, 2.05) is 30.3 Å². The van der Waals surface area contributed by atoms with E-state index >= 15 is 0 Å². The van der Waals surface area contributed by atoms with Crippen LogP contribution in [0.2, 0.25) is 0 Å². The highest BCUT2D eigenvalue weighted by Gasteiger charge is 2.35. The van der Waals surface area contributed by atoms with Crippen molar-refractivity contribution in [2.24, 2.45) is 5.73 Å². The highest BCUT2D eigenvalue weighted by molar-refractivity contribution is 6.05. The lowest BCUT2D eigenvalue weighted by Crippen LogP contribution is -2.36. The number of hydrogen-bond acceptors (Lipinski definition) is 3. The predicted molar refractivity (Wildman–Crippen MR) is 59.5 cm³/mol. The van der Waals surface area contributed by atoms with Crippen LogP contribution in [0.1, 0.15) is 12.0 Å². The van der Waals surface area contributed by atoms with Gasteiger partial charge in [0, 0.05) is 6.54 Å². The van der Waals surface area contributed by atoms with E-state index in [9.17, 15) is 9.59 Å². The molecule has 0 spiro atoms. The van der Waals surface area contributed by atoms with E-state index < -0.39 is 6.04 Å². The zero-order valence-corrected chi connectivity index (χ0v) is 8.93. The Hall–Kier alpha value is -1.68. The molecule has 0 unspecified atom stereocenters. The van der Waals surface area contributed by atoms with Crippen LogP contribution in [-0.2, 0) is 16.0 Å². The summed E-state index contributed by atoms with van der Waals surface area (Å²) in [6, 6.07) is 9.13. The van der Waals surface area contributed by atoms with Gasteiger partial charge in [-0.25, -0.2) is 0 Å². The summed E-state index contributed by atoms with van der Waals surface area (Å²) in [6.07, 6.45) is 0.832. The van der Waals surface area contributed by atoms with Gasteiger partial charge in [0.15, 0.2) is 0 Å². The summed E-state index contributed by atoms with van der Waals surface area (Å²) < 4.78 is 0. The Labute approximate surface area is 94.0 Å². The topological polar surface area (TPSA) is 63.4 Å². The summed E-state index contributed by atoms with van der Waals surface area (Å²) in [5.41, 5.74) is 6.63. The van der Waals surface area contributed by atoms with E-state index in [-0.39, 0.29) is 18.2 Å². The van der Waals surface area contributed by atoms with Crippen molar-refractivity contribution in [3.8, 4) is 0 Å². The molecular formula is C12H14N2O2. The first-order valence-corrected chi connectivity index (χ1v) is 5.32. The van der Waals surface area contributed by atoms with Crippen molar-refractivity contribution in [2.45, 2.75) is 18.9 Å². The molecule has 1 heterocycles. The second kappa shape index (κ2) is 4.45. The van der Waals surface area contributed by atoms with Crippen molar-refractivity contribution in [2.75, 3.05) is 6.54 Å². The summed E-state index contributed by atoms with van der Waals surface area (Å²) in [4.78, 5) is 24.2. The standard InChI is InChI=1S/C12H14N2O2/c13-10-8-11(15)14(12(10)16)7-6-9-4-2-1-3-5-9/h1-5,10H,6-8,13H2/t10-/m1/s1. The largest absolute Gasteiger partial charge is 0.319 e. The highest BCUT2D eigenvalue weighted by atomic mass is 16.2. The number of imide groups is 1. The van der Waals surface area contributed by atoms with Gasteiger partial charge in [0.2, 0.25) is 11.8 Å². The van der Waals surface area contributed by atoms with Crippen LogP contribution in [0, 0.1) is 0 Å². The van der Waals surface area contributed by atoms with Crippen molar-refractivity contribution in [1.29, 1.82) is 0 Å². The van der Waals surface area contributed by atoms with Crippen molar-refractivity contribution < 1.29 is 9.59 Å². The zero-order valence-electron chi connectivity index (χ0n) is 8.93. The van der Waals surface area contributed by atoms with Crippen LogP contribution in [0.3, 0.4) is 0 Å². The SMILES string of the molecule is N[C@@H]1CC(=O)N(CCc2ccccc2)C1=O. The van der Waals surface area contributed by atoms with Crippen molar-refractivity contribution >= 4 is 11.8 Å². The average molecular weight is 218 g/mol. The number of nitrogens with two attached hydrogens (primary N) is 1. The Balaban J connectivity index is 1.96. The number of amides is 2. The summed E-state index contributed by atoms with van der Waals surface area (Å²) in [5, 5.41) is 0. The minimum absolute atomic E-state index is 0.146. The molecule has 1 aromatic carbocycles. The van der Waals surface area contributed by atoms with Crippen LogP contribution >= 0.6 is 0 Å². The normalized spacial score (nSPS) is 20.6. The first-order valence-electron chi connectivity index (χ1n) is 5.32. The highest BCUT2D eigenvalue weighted by Crippen LogP contribution is 2.12. The molecule has 1 saturated heterocycles. The third kappa shape index (κ3) is 2.12. The van der Waals surface area contributed by atoms with Crippen molar-refractivity contribution in [3.63, 3.8) is 0 Å². The number of hydrogen-bond donors (Lipinski definition) is 1. The van der Waals surface area contributed by atoms with E-state index in [0.717, 1.165) is 5.56 Å². The Kier molecular flexibility index (Phi) is 3.01. The summed E-state index contributed by atoms with van der Waals surface area (Å²) >= 11 is 0. The Morgan fingerprint density at radius 1 is 1.25 bits per heavy atom. The lowest BCUT2D eigenvalue weighted by molar-refractivity contribution is -0.138. The van der Waals surface area contributed by atoms with Crippen LogP contribution in [0.25, 0.3) is 0 Å². The molecule has 1 aromatic rings. The number of benzene rings is 1. The van der Waals surface area contributed by atoms with Gasteiger partial charge in [-0.15, -0.1) is 0 Å². The van der Waals surface area contributed by atoms with Gasteiger partial charge in [0.25, 0.3) is 0 Å². The molecule has 0 aromatic heterocycles. The molecule has 1 atom stereocenters. The minimum atomic E-state index is -0.636. The zero-order chi connectivity index (χ0) is 11.5. The molecule has 2 amide bonds. The second-order valence-corrected chi connectivity index (χ2v) is 3.93. The van der Waals surface area contributed by atoms with Gasteiger partial charge >= 0.3 is 0 Å². The fraction of sp³-hybridized carbons (Fsp3) is 0.333. The van der Waals surface area contributed by atoms with Crippen molar-refractivity contribution in [1.82, 2.24) is 4.90 Å². The second-order valence-electron chi connectivity index (χ2n) is 3.93. The average Bonchev–Trinajstić information content (AvgIpc) is 2.53. The molecule has 4 heteroatoms. The molecular weight excluding hydrogens is 204 g/mol. The third-order valence-electron chi connectivity index (χ3n) is 2.75. The monoisotopic (exact) mass is 218 g/mol. The van der Waals surface area contributed by atoms with E-state index in [0.29, 0.717) is 13.0 Å². The third-order valence-corrected chi connectivity index (χ3v) is 2.75. The number of rotatable bonds is 3. The van der Waals surface area contributed by atoms with Crippen LogP contribution < -0.4 is 5.73 Å². The Bertz CT molecular complexity index is 403. The number of carbonyl (C=O) groups excluding carboxylic acids is 2. The van der Waals surface area contributed by atoms with Gasteiger partial charge < -0.3 is 5.73 Å². The molecule has 0 saturated carbocycles. The minimum Gasteiger partial charge on any atom is -0.319 e. The predicted octanol–water partition coefficient (Wildman–Crippen LogP) is 0.315. The fourth-order valence-electron chi connectivity index (χ4n) is 1.83. The molecule has 2 rings (SSSR count). The Morgan fingerprint density at radius 3 is 2.50 bits per heavy atom. The van der Waals surface area contributed by atoms with Crippen LogP contribution in [0.5, 0.6) is 0 Å². The molecule has 0 radical (unpaired) electrons. The van der Waals surface area contributed by atoms with Gasteiger partial charge in [0.1, 0.15) is 0 Å². The number of likely N-dealkylation sites (tertiary alicyclic amines) is 1. The smallest absolute Gasteiger partial charge is 0.246 e. The van der Waals surface area contributed by atoms with Gasteiger partial charge in [-0.05, 0) is 12.0 Å². The van der Waals surface area contributed by atoms with E-state index in [1.54, 1.807) is 0 Å². The lowest BCUT2D eigenvalue weighted by Gasteiger charge is -2.13. The summed E-state index contributed by atoms with van der Waals surface area (Å²) in [7, 11) is 0. The van der Waals surface area contributed by atoms with Gasteiger partial charge in [-0.3, -0.25) is 14.5 Å².